The number of nitrogens with one attached hydrogen (secondary N) is 1. The van der Waals surface area contributed by atoms with Crippen molar-refractivity contribution in [2.45, 2.75) is 43.9 Å². The van der Waals surface area contributed by atoms with Crippen LogP contribution in [0.5, 0.6) is 0 Å². The lowest BCUT2D eigenvalue weighted by Crippen LogP contribution is -2.51. The van der Waals surface area contributed by atoms with E-state index in [1.807, 2.05) is 6.07 Å². The third-order valence-electron chi connectivity index (χ3n) is 5.15. The fraction of sp³-hybridized carbons (Fsp3) is 0.556. The van der Waals surface area contributed by atoms with E-state index in [9.17, 15) is 0 Å². The second-order valence-corrected chi connectivity index (χ2v) is 7.63. The maximum atomic E-state index is 6.25. The number of piperidine rings is 1. The molecule has 2 aromatic heterocycles. The van der Waals surface area contributed by atoms with Crippen LogP contribution in [-0.4, -0.2) is 46.2 Å². The molecule has 2 aliphatic heterocycles. The van der Waals surface area contributed by atoms with E-state index >= 15 is 0 Å². The lowest BCUT2D eigenvalue weighted by molar-refractivity contribution is -0.115. The molecule has 1 spiro atoms. The van der Waals surface area contributed by atoms with Gasteiger partial charge in [-0.1, -0.05) is 0 Å². The largest absolute Gasteiger partial charge is 0.375 e. The van der Waals surface area contributed by atoms with Crippen LogP contribution in [0, 0.1) is 0 Å². The topological polar surface area (TPSA) is 50.3 Å². The van der Waals surface area contributed by atoms with Crippen LogP contribution in [0.15, 0.2) is 35.3 Å². The first-order valence-electron chi connectivity index (χ1n) is 8.72. The number of hydrogen-bond donors (Lipinski definition) is 1. The van der Waals surface area contributed by atoms with Crippen molar-refractivity contribution in [3.8, 4) is 0 Å². The van der Waals surface area contributed by atoms with Gasteiger partial charge in [0.05, 0.1) is 5.60 Å². The highest BCUT2D eigenvalue weighted by Gasteiger charge is 2.40. The fourth-order valence-electron chi connectivity index (χ4n) is 3.82. The molecule has 0 bridgehead atoms. The SMILES string of the molecule is c1cnc(N[C@@H]2CCOC3(CCN(Cc4ccsc4)CC3)C2)nc1. The molecule has 0 saturated carbocycles. The number of nitrogens with zero attached hydrogens (tertiary/aromatic N) is 3. The van der Waals surface area contributed by atoms with Gasteiger partial charge in [0.25, 0.3) is 0 Å². The third-order valence-corrected chi connectivity index (χ3v) is 5.88. The van der Waals surface area contributed by atoms with Gasteiger partial charge in [-0.15, -0.1) is 0 Å². The second kappa shape index (κ2) is 7.17. The van der Waals surface area contributed by atoms with E-state index in [1.165, 1.54) is 5.56 Å². The average molecular weight is 344 g/mol. The van der Waals surface area contributed by atoms with Gasteiger partial charge in [-0.25, -0.2) is 9.97 Å². The Hall–Kier alpha value is -1.50. The zero-order chi connectivity index (χ0) is 16.2. The molecule has 0 radical (unpaired) electrons. The van der Waals surface area contributed by atoms with E-state index in [2.05, 4.69) is 37.0 Å². The maximum absolute atomic E-state index is 6.25. The predicted molar refractivity (Wildman–Crippen MR) is 96.2 cm³/mol. The van der Waals surface area contributed by atoms with E-state index in [0.29, 0.717) is 6.04 Å². The Morgan fingerprint density at radius 1 is 1.29 bits per heavy atom. The summed E-state index contributed by atoms with van der Waals surface area (Å²) in [6.45, 7) is 4.13. The Morgan fingerprint density at radius 3 is 2.88 bits per heavy atom. The van der Waals surface area contributed by atoms with Gasteiger partial charge < -0.3 is 10.1 Å². The summed E-state index contributed by atoms with van der Waals surface area (Å²) in [7, 11) is 0. The second-order valence-electron chi connectivity index (χ2n) is 6.85. The predicted octanol–water partition coefficient (Wildman–Crippen LogP) is 3.16. The van der Waals surface area contributed by atoms with Gasteiger partial charge in [0, 0.05) is 44.7 Å². The molecular weight excluding hydrogens is 320 g/mol. The Balaban J connectivity index is 1.32. The van der Waals surface area contributed by atoms with Crippen molar-refractivity contribution in [1.29, 1.82) is 0 Å². The monoisotopic (exact) mass is 344 g/mol. The minimum absolute atomic E-state index is 0.0375. The van der Waals surface area contributed by atoms with E-state index in [4.69, 9.17) is 4.74 Å². The molecule has 5 nitrogen and oxygen atoms in total. The molecular formula is C18H24N4OS. The number of aromatic nitrogens is 2. The number of ether oxygens (including phenoxy) is 1. The summed E-state index contributed by atoms with van der Waals surface area (Å²) in [5.41, 5.74) is 1.47. The van der Waals surface area contributed by atoms with Gasteiger partial charge in [0.2, 0.25) is 5.95 Å². The third kappa shape index (κ3) is 3.77. The van der Waals surface area contributed by atoms with Crippen LogP contribution in [0.1, 0.15) is 31.2 Å². The average Bonchev–Trinajstić information content (AvgIpc) is 3.11. The van der Waals surface area contributed by atoms with Gasteiger partial charge in [0.15, 0.2) is 0 Å². The van der Waals surface area contributed by atoms with Crippen LogP contribution >= 0.6 is 11.3 Å². The quantitative estimate of drug-likeness (QED) is 0.923. The van der Waals surface area contributed by atoms with Crippen molar-refractivity contribution < 1.29 is 4.74 Å². The Bertz CT molecular complexity index is 626. The zero-order valence-corrected chi connectivity index (χ0v) is 14.7. The smallest absolute Gasteiger partial charge is 0.222 e. The highest BCUT2D eigenvalue weighted by atomic mass is 32.1. The molecule has 2 aliphatic rings. The minimum Gasteiger partial charge on any atom is -0.375 e. The summed E-state index contributed by atoms with van der Waals surface area (Å²) < 4.78 is 6.25. The number of rotatable bonds is 4. The first-order valence-corrected chi connectivity index (χ1v) is 9.67. The summed E-state index contributed by atoms with van der Waals surface area (Å²) in [5, 5.41) is 7.90. The standard InChI is InChI=1S/C18H24N4OS/c1-6-19-17(20-7-1)21-16-2-10-23-18(12-16)4-8-22(9-5-18)13-15-3-11-24-14-15/h1,3,6-7,11,14,16H,2,4-5,8-10,12-13H2,(H,19,20,21)/t16-/m1/s1. The van der Waals surface area contributed by atoms with Crippen molar-refractivity contribution in [1.82, 2.24) is 14.9 Å². The molecule has 0 aliphatic carbocycles. The number of anilines is 1. The van der Waals surface area contributed by atoms with Crippen LogP contribution in [-0.2, 0) is 11.3 Å². The molecule has 4 rings (SSSR count). The Kier molecular flexibility index (Phi) is 4.78. The molecule has 2 fully saturated rings. The summed E-state index contributed by atoms with van der Waals surface area (Å²) in [4.78, 5) is 11.1. The van der Waals surface area contributed by atoms with E-state index in [-0.39, 0.29) is 5.60 Å². The van der Waals surface area contributed by atoms with Gasteiger partial charge >= 0.3 is 0 Å². The highest BCUT2D eigenvalue weighted by Crippen LogP contribution is 2.36. The van der Waals surface area contributed by atoms with E-state index in [1.54, 1.807) is 23.7 Å². The first-order chi connectivity index (χ1) is 11.8. The molecule has 128 valence electrons. The summed E-state index contributed by atoms with van der Waals surface area (Å²) in [5.74, 6) is 0.731. The molecule has 0 unspecified atom stereocenters. The van der Waals surface area contributed by atoms with Crippen LogP contribution in [0.2, 0.25) is 0 Å². The lowest BCUT2D eigenvalue weighted by atomic mass is 9.82. The van der Waals surface area contributed by atoms with Crippen molar-refractivity contribution in [3.05, 3.63) is 40.8 Å². The molecule has 1 N–H and O–H groups in total. The van der Waals surface area contributed by atoms with Gasteiger partial charge in [-0.2, -0.15) is 11.3 Å². The van der Waals surface area contributed by atoms with Crippen LogP contribution in [0.4, 0.5) is 5.95 Å². The van der Waals surface area contributed by atoms with Crippen molar-refractivity contribution in [3.63, 3.8) is 0 Å². The van der Waals surface area contributed by atoms with E-state index < -0.39 is 0 Å². The summed E-state index contributed by atoms with van der Waals surface area (Å²) >= 11 is 1.78. The fourth-order valence-corrected chi connectivity index (χ4v) is 4.47. The molecule has 2 aromatic rings. The van der Waals surface area contributed by atoms with Crippen LogP contribution in [0.25, 0.3) is 0 Å². The number of likely N-dealkylation sites (tertiary alicyclic amines) is 1. The first kappa shape index (κ1) is 16.0. The molecule has 6 heteroatoms. The summed E-state index contributed by atoms with van der Waals surface area (Å²) in [6, 6.07) is 4.48. The Morgan fingerprint density at radius 2 is 2.12 bits per heavy atom. The molecule has 0 amide bonds. The lowest BCUT2D eigenvalue weighted by Gasteiger charge is -2.46. The minimum atomic E-state index is 0.0375. The van der Waals surface area contributed by atoms with Crippen LogP contribution in [0.3, 0.4) is 0 Å². The van der Waals surface area contributed by atoms with Crippen molar-refractivity contribution in [2.75, 3.05) is 25.0 Å². The number of thiophene rings is 1. The summed E-state index contributed by atoms with van der Waals surface area (Å²) in [6.07, 6.45) is 7.88. The van der Waals surface area contributed by atoms with Gasteiger partial charge in [-0.3, -0.25) is 4.90 Å². The van der Waals surface area contributed by atoms with Gasteiger partial charge in [0.1, 0.15) is 0 Å². The zero-order valence-electron chi connectivity index (χ0n) is 13.9. The molecule has 4 heterocycles. The molecule has 24 heavy (non-hydrogen) atoms. The van der Waals surface area contributed by atoms with E-state index in [0.717, 1.165) is 57.9 Å². The van der Waals surface area contributed by atoms with Gasteiger partial charge in [-0.05, 0) is 54.1 Å². The highest BCUT2D eigenvalue weighted by molar-refractivity contribution is 7.07. The Labute approximate surface area is 147 Å². The normalized spacial score (nSPS) is 24.1. The van der Waals surface area contributed by atoms with Crippen LogP contribution < -0.4 is 5.32 Å². The maximum Gasteiger partial charge on any atom is 0.222 e. The molecule has 1 atom stereocenters. The van der Waals surface area contributed by atoms with Crippen molar-refractivity contribution >= 4 is 17.3 Å². The molecule has 0 aromatic carbocycles. The number of hydrogen-bond acceptors (Lipinski definition) is 6. The molecule has 2 saturated heterocycles. The van der Waals surface area contributed by atoms with Crippen molar-refractivity contribution in [2.24, 2.45) is 0 Å².